The van der Waals surface area contributed by atoms with Crippen LogP contribution >= 0.6 is 0 Å². The Hall–Kier alpha value is -2.63. The monoisotopic (exact) mass is 352 g/mol. The minimum absolute atomic E-state index is 0.119. The third kappa shape index (κ3) is 2.52. The maximum Gasteiger partial charge on any atom is 0.291 e. The normalized spacial score (nSPS) is 16.3. The molecule has 1 aliphatic heterocycles. The first-order valence-corrected chi connectivity index (χ1v) is 9.37. The third-order valence-electron chi connectivity index (χ3n) is 5.46. The lowest BCUT2D eigenvalue weighted by atomic mass is 10.1. The van der Waals surface area contributed by atoms with Crippen LogP contribution in [0, 0.1) is 0 Å². The van der Waals surface area contributed by atoms with Crippen molar-refractivity contribution in [3.8, 4) is 0 Å². The second-order valence-electron chi connectivity index (χ2n) is 7.03. The molecule has 0 saturated carbocycles. The average molecular weight is 352 g/mol. The number of benzene rings is 1. The number of aromatic nitrogens is 3. The zero-order valence-corrected chi connectivity index (χ0v) is 15.3. The van der Waals surface area contributed by atoms with Crippen LogP contribution in [0.15, 0.2) is 35.3 Å². The molecule has 6 heteroatoms. The van der Waals surface area contributed by atoms with E-state index in [1.54, 1.807) is 13.2 Å². The quantitative estimate of drug-likeness (QED) is 0.728. The summed E-state index contributed by atoms with van der Waals surface area (Å²) in [6.45, 7) is 3.64. The molecule has 0 N–H and O–H groups in total. The van der Waals surface area contributed by atoms with Crippen LogP contribution in [-0.4, -0.2) is 38.2 Å². The highest BCUT2D eigenvalue weighted by Crippen LogP contribution is 2.31. The molecule has 1 atom stereocenters. The summed E-state index contributed by atoms with van der Waals surface area (Å²) < 4.78 is 3.29. The predicted molar refractivity (Wildman–Crippen MR) is 102 cm³/mol. The van der Waals surface area contributed by atoms with Gasteiger partial charge >= 0.3 is 0 Å². The summed E-state index contributed by atoms with van der Waals surface area (Å²) in [4.78, 5) is 28.1. The number of carbonyl (C=O) groups is 1. The summed E-state index contributed by atoms with van der Waals surface area (Å²) in [7, 11) is 1.65. The fourth-order valence-electron chi connectivity index (χ4n) is 4.10. The molecule has 1 amide bonds. The Bertz CT molecular complexity index is 1030. The molecule has 6 nitrogen and oxygen atoms in total. The number of nitrogens with zero attached hydrogens (tertiary/aromatic N) is 4. The van der Waals surface area contributed by atoms with Gasteiger partial charge in [0.15, 0.2) is 0 Å². The Morgan fingerprint density at radius 1 is 1.15 bits per heavy atom. The van der Waals surface area contributed by atoms with Crippen LogP contribution in [0.3, 0.4) is 0 Å². The smallest absolute Gasteiger partial charge is 0.291 e. The van der Waals surface area contributed by atoms with Gasteiger partial charge in [-0.25, -0.2) is 4.68 Å². The van der Waals surface area contributed by atoms with Gasteiger partial charge in [0.2, 0.25) is 5.91 Å². The van der Waals surface area contributed by atoms with Crippen molar-refractivity contribution < 1.29 is 4.79 Å². The Labute approximate surface area is 152 Å². The summed E-state index contributed by atoms with van der Waals surface area (Å²) in [5.74, 6) is 0.119. The lowest BCUT2D eigenvalue weighted by molar-refractivity contribution is -0.135. The molecule has 0 radical (unpaired) electrons. The van der Waals surface area contributed by atoms with Crippen molar-refractivity contribution in [1.29, 1.82) is 0 Å². The lowest BCUT2D eigenvalue weighted by Gasteiger charge is -2.31. The molecule has 1 saturated heterocycles. The number of piperidine rings is 1. The molecule has 0 aliphatic carbocycles. The van der Waals surface area contributed by atoms with E-state index in [0.29, 0.717) is 11.9 Å². The number of aryl methyl sites for hydroxylation is 1. The van der Waals surface area contributed by atoms with Gasteiger partial charge in [-0.15, -0.1) is 0 Å². The molecule has 0 spiro atoms. The Morgan fingerprint density at radius 2 is 1.88 bits per heavy atom. The van der Waals surface area contributed by atoms with E-state index in [-0.39, 0.29) is 17.5 Å². The van der Waals surface area contributed by atoms with E-state index in [1.807, 2.05) is 40.7 Å². The number of carbonyl (C=O) groups excluding carboxylic acids is 1. The predicted octanol–water partition coefficient (Wildman–Crippen LogP) is 2.85. The number of rotatable bonds is 3. The molecule has 26 heavy (non-hydrogen) atoms. The second kappa shape index (κ2) is 6.59. The molecule has 3 aromatic rings. The SMILES string of the molecule is CCC(C(=O)N1CCCCC1)n1c2ccccc2c2cnn(C)c(=O)c21. The van der Waals surface area contributed by atoms with Crippen LogP contribution in [0.5, 0.6) is 0 Å². The van der Waals surface area contributed by atoms with Gasteiger partial charge in [-0.2, -0.15) is 5.10 Å². The van der Waals surface area contributed by atoms with Crippen LogP contribution < -0.4 is 5.56 Å². The summed E-state index contributed by atoms with van der Waals surface area (Å²) in [6.07, 6.45) is 5.67. The minimum atomic E-state index is -0.370. The third-order valence-corrected chi connectivity index (χ3v) is 5.46. The van der Waals surface area contributed by atoms with Gasteiger partial charge in [-0.05, 0) is 31.7 Å². The molecule has 0 bridgehead atoms. The largest absolute Gasteiger partial charge is 0.341 e. The first kappa shape index (κ1) is 16.8. The second-order valence-corrected chi connectivity index (χ2v) is 7.03. The van der Waals surface area contributed by atoms with Gasteiger partial charge in [0.25, 0.3) is 5.56 Å². The van der Waals surface area contributed by atoms with Gasteiger partial charge in [-0.3, -0.25) is 9.59 Å². The maximum absolute atomic E-state index is 13.3. The molecule has 1 fully saturated rings. The zero-order chi connectivity index (χ0) is 18.3. The average Bonchev–Trinajstić information content (AvgIpc) is 3.01. The molecule has 2 aromatic heterocycles. The van der Waals surface area contributed by atoms with E-state index in [0.717, 1.165) is 42.2 Å². The standard InChI is InChI=1S/C20H24N4O2/c1-3-16(19(25)23-11-7-4-8-12-23)24-17-10-6-5-9-14(17)15-13-21-22(2)20(26)18(15)24/h5-6,9-10,13,16H,3-4,7-8,11-12H2,1-2H3. The van der Waals surface area contributed by atoms with Crippen molar-refractivity contribution in [2.24, 2.45) is 7.05 Å². The number of para-hydroxylation sites is 1. The van der Waals surface area contributed by atoms with E-state index >= 15 is 0 Å². The van der Waals surface area contributed by atoms with Gasteiger partial charge < -0.3 is 9.47 Å². The Balaban J connectivity index is 1.96. The minimum Gasteiger partial charge on any atom is -0.341 e. The number of hydrogen-bond donors (Lipinski definition) is 0. The van der Waals surface area contributed by atoms with E-state index in [9.17, 15) is 9.59 Å². The van der Waals surface area contributed by atoms with Crippen LogP contribution in [0.2, 0.25) is 0 Å². The fraction of sp³-hybridized carbons (Fsp3) is 0.450. The zero-order valence-electron chi connectivity index (χ0n) is 15.3. The summed E-state index contributed by atoms with van der Waals surface area (Å²) in [6, 6.07) is 7.52. The first-order chi connectivity index (χ1) is 12.6. The summed E-state index contributed by atoms with van der Waals surface area (Å²) >= 11 is 0. The van der Waals surface area contributed by atoms with Gasteiger partial charge in [-0.1, -0.05) is 25.1 Å². The number of fused-ring (bicyclic) bond motifs is 3. The Kier molecular flexibility index (Phi) is 4.26. The lowest BCUT2D eigenvalue weighted by Crippen LogP contribution is -2.40. The summed E-state index contributed by atoms with van der Waals surface area (Å²) in [5.41, 5.74) is 1.33. The van der Waals surface area contributed by atoms with Crippen molar-refractivity contribution in [3.63, 3.8) is 0 Å². The van der Waals surface area contributed by atoms with Crippen LogP contribution in [-0.2, 0) is 11.8 Å². The first-order valence-electron chi connectivity index (χ1n) is 9.37. The molecule has 1 aromatic carbocycles. The van der Waals surface area contributed by atoms with E-state index < -0.39 is 0 Å². The molecule has 1 aliphatic rings. The maximum atomic E-state index is 13.3. The van der Waals surface area contributed by atoms with Crippen LogP contribution in [0.4, 0.5) is 0 Å². The highest BCUT2D eigenvalue weighted by atomic mass is 16.2. The van der Waals surface area contributed by atoms with Crippen molar-refractivity contribution >= 4 is 27.7 Å². The highest BCUT2D eigenvalue weighted by molar-refractivity contribution is 6.08. The Morgan fingerprint density at radius 3 is 2.62 bits per heavy atom. The molecule has 1 unspecified atom stereocenters. The van der Waals surface area contributed by atoms with Crippen molar-refractivity contribution in [2.75, 3.05) is 13.1 Å². The molecular weight excluding hydrogens is 328 g/mol. The van der Waals surface area contributed by atoms with Gasteiger partial charge in [0.1, 0.15) is 11.6 Å². The highest BCUT2D eigenvalue weighted by Gasteiger charge is 2.29. The molecule has 3 heterocycles. The fourth-order valence-corrected chi connectivity index (χ4v) is 4.10. The van der Waals surface area contributed by atoms with Gasteiger partial charge in [0, 0.05) is 30.9 Å². The van der Waals surface area contributed by atoms with Crippen molar-refractivity contribution in [2.45, 2.75) is 38.6 Å². The molecular formula is C20H24N4O2. The van der Waals surface area contributed by atoms with Gasteiger partial charge in [0.05, 0.1) is 11.7 Å². The van der Waals surface area contributed by atoms with E-state index in [2.05, 4.69) is 5.10 Å². The van der Waals surface area contributed by atoms with Crippen LogP contribution in [0.1, 0.15) is 38.6 Å². The topological polar surface area (TPSA) is 60.1 Å². The molecule has 136 valence electrons. The van der Waals surface area contributed by atoms with E-state index in [4.69, 9.17) is 0 Å². The molecule has 4 rings (SSSR count). The number of likely N-dealkylation sites (tertiary alicyclic amines) is 1. The number of amides is 1. The summed E-state index contributed by atoms with van der Waals surface area (Å²) in [5, 5.41) is 5.97. The van der Waals surface area contributed by atoms with E-state index in [1.165, 1.54) is 11.1 Å². The van der Waals surface area contributed by atoms with Crippen molar-refractivity contribution in [3.05, 3.63) is 40.8 Å². The van der Waals surface area contributed by atoms with Crippen molar-refractivity contribution in [1.82, 2.24) is 19.2 Å². The number of hydrogen-bond acceptors (Lipinski definition) is 3. The van der Waals surface area contributed by atoms with Crippen LogP contribution in [0.25, 0.3) is 21.8 Å².